The zero-order valence-corrected chi connectivity index (χ0v) is 19.3. The molecule has 0 bridgehead atoms. The number of nitro groups is 1. The largest absolute Gasteiger partial charge is 0.502 e. The average Bonchev–Trinajstić information content (AvgIpc) is 2.74. The van der Waals surface area contributed by atoms with E-state index in [1.54, 1.807) is 12.1 Å². The van der Waals surface area contributed by atoms with Gasteiger partial charge in [-0.1, -0.05) is 50.6 Å². The predicted octanol–water partition coefficient (Wildman–Crippen LogP) is 5.60. The highest BCUT2D eigenvalue weighted by molar-refractivity contribution is 6.31. The van der Waals surface area contributed by atoms with Gasteiger partial charge in [-0.25, -0.2) is 0 Å². The number of halogens is 1. The Morgan fingerprint density at radius 2 is 1.94 bits per heavy atom. The van der Waals surface area contributed by atoms with Crippen LogP contribution in [0.5, 0.6) is 5.75 Å². The molecule has 172 valence electrons. The highest BCUT2D eigenvalue weighted by Gasteiger charge is 2.43. The van der Waals surface area contributed by atoms with E-state index in [1.165, 1.54) is 19.1 Å². The Balaban J connectivity index is 1.96. The molecule has 7 nitrogen and oxygen atoms in total. The SMILES string of the molecule is CC[C@H]1OC(c2ccc(Cl)c(Cc3ccc(O)c([N+](=O)[O-])c3)c2)[C@H](OC(C)=O)[C@@H](C)[C@@H]1C. The van der Waals surface area contributed by atoms with Crippen LogP contribution in [0.25, 0.3) is 0 Å². The Labute approximate surface area is 192 Å². The number of nitrogens with zero attached hydrogens (tertiary/aromatic N) is 1. The molecule has 1 fully saturated rings. The van der Waals surface area contributed by atoms with Crippen LogP contribution in [0, 0.1) is 22.0 Å². The Morgan fingerprint density at radius 3 is 2.56 bits per heavy atom. The lowest BCUT2D eigenvalue weighted by Crippen LogP contribution is -2.46. The first-order valence-electron chi connectivity index (χ1n) is 10.7. The third-order valence-electron chi connectivity index (χ3n) is 6.29. The van der Waals surface area contributed by atoms with Crippen molar-refractivity contribution in [2.45, 2.75) is 58.8 Å². The third kappa shape index (κ3) is 5.05. The molecule has 3 rings (SSSR count). The van der Waals surface area contributed by atoms with Gasteiger partial charge in [-0.15, -0.1) is 0 Å². The van der Waals surface area contributed by atoms with Crippen LogP contribution >= 0.6 is 11.6 Å². The Kier molecular flexibility index (Phi) is 7.41. The van der Waals surface area contributed by atoms with E-state index >= 15 is 0 Å². The van der Waals surface area contributed by atoms with Gasteiger partial charge in [-0.3, -0.25) is 14.9 Å². The summed E-state index contributed by atoms with van der Waals surface area (Å²) in [5.41, 5.74) is 1.88. The maximum atomic E-state index is 11.8. The summed E-state index contributed by atoms with van der Waals surface area (Å²) in [7, 11) is 0. The number of hydrogen-bond acceptors (Lipinski definition) is 6. The second kappa shape index (κ2) is 9.88. The van der Waals surface area contributed by atoms with E-state index in [0.717, 1.165) is 17.5 Å². The molecule has 1 heterocycles. The van der Waals surface area contributed by atoms with Crippen LogP contribution in [-0.4, -0.2) is 28.2 Å². The van der Waals surface area contributed by atoms with Crippen LogP contribution in [-0.2, 0) is 20.7 Å². The highest BCUT2D eigenvalue weighted by atomic mass is 35.5. The van der Waals surface area contributed by atoms with Crippen molar-refractivity contribution in [2.75, 3.05) is 0 Å². The molecule has 5 atom stereocenters. The minimum Gasteiger partial charge on any atom is -0.502 e. The third-order valence-corrected chi connectivity index (χ3v) is 6.66. The molecule has 1 aliphatic rings. The number of aromatic hydroxyl groups is 1. The molecule has 1 unspecified atom stereocenters. The van der Waals surface area contributed by atoms with Gasteiger partial charge in [0.2, 0.25) is 0 Å². The van der Waals surface area contributed by atoms with Gasteiger partial charge in [-0.2, -0.15) is 0 Å². The number of hydrogen-bond donors (Lipinski definition) is 1. The number of benzene rings is 2. The molecule has 0 aromatic heterocycles. The maximum Gasteiger partial charge on any atom is 0.310 e. The van der Waals surface area contributed by atoms with E-state index in [2.05, 4.69) is 20.8 Å². The van der Waals surface area contributed by atoms with Gasteiger partial charge < -0.3 is 14.6 Å². The van der Waals surface area contributed by atoms with Gasteiger partial charge in [0.1, 0.15) is 12.2 Å². The van der Waals surface area contributed by atoms with Crippen LogP contribution in [0.1, 0.15) is 56.9 Å². The van der Waals surface area contributed by atoms with E-state index in [-0.39, 0.29) is 35.3 Å². The van der Waals surface area contributed by atoms with Crippen molar-refractivity contribution in [1.82, 2.24) is 0 Å². The molecule has 2 aromatic carbocycles. The van der Waals surface area contributed by atoms with Crippen LogP contribution in [0.15, 0.2) is 36.4 Å². The van der Waals surface area contributed by atoms with E-state index in [1.807, 2.05) is 12.1 Å². The van der Waals surface area contributed by atoms with Crippen LogP contribution in [0.2, 0.25) is 5.02 Å². The van der Waals surface area contributed by atoms with Crippen molar-refractivity contribution in [3.8, 4) is 5.75 Å². The number of ether oxygens (including phenoxy) is 2. The number of phenolic OH excluding ortho intramolecular Hbond substituents is 1. The number of phenols is 1. The van der Waals surface area contributed by atoms with Gasteiger partial charge in [0.25, 0.3) is 0 Å². The fraction of sp³-hybridized carbons (Fsp3) is 0.458. The average molecular weight is 462 g/mol. The number of nitro benzene ring substituents is 1. The van der Waals surface area contributed by atoms with E-state index in [4.69, 9.17) is 21.1 Å². The Hall–Kier alpha value is -2.64. The standard InChI is InChI=1S/C24H28ClNO6/c1-5-22-13(2)14(3)23(31-15(4)27)24(32-22)17-7-8-19(25)18(12-17)10-16-6-9-21(28)20(11-16)26(29)30/h6-9,11-14,22-24,28H,5,10H2,1-4H3/t13-,14-,22+,23+,24?/m0/s1. The minimum absolute atomic E-state index is 0.0284. The fourth-order valence-electron chi connectivity index (χ4n) is 4.35. The first-order valence-corrected chi connectivity index (χ1v) is 11.1. The number of carbonyl (C=O) groups excluding carboxylic acids is 1. The molecule has 0 spiro atoms. The summed E-state index contributed by atoms with van der Waals surface area (Å²) in [6.07, 6.45) is 0.323. The molecule has 0 aliphatic carbocycles. The second-order valence-corrected chi connectivity index (χ2v) is 8.81. The molecule has 1 N–H and O–H groups in total. The van der Waals surface area contributed by atoms with Crippen molar-refractivity contribution < 1.29 is 24.3 Å². The van der Waals surface area contributed by atoms with E-state index in [0.29, 0.717) is 17.0 Å². The maximum absolute atomic E-state index is 11.8. The molecule has 0 amide bonds. The molecule has 1 aliphatic heterocycles. The van der Waals surface area contributed by atoms with Gasteiger partial charge in [-0.05, 0) is 47.6 Å². The highest BCUT2D eigenvalue weighted by Crippen LogP contribution is 2.42. The predicted molar refractivity (Wildman–Crippen MR) is 121 cm³/mol. The number of rotatable bonds is 6. The normalized spacial score (nSPS) is 25.3. The molecule has 32 heavy (non-hydrogen) atoms. The molecule has 2 aromatic rings. The summed E-state index contributed by atoms with van der Waals surface area (Å²) >= 11 is 6.44. The summed E-state index contributed by atoms with van der Waals surface area (Å²) in [6.45, 7) is 7.65. The van der Waals surface area contributed by atoms with Crippen molar-refractivity contribution in [1.29, 1.82) is 0 Å². The second-order valence-electron chi connectivity index (χ2n) is 8.40. The molecule has 0 radical (unpaired) electrons. The topological polar surface area (TPSA) is 98.9 Å². The summed E-state index contributed by atoms with van der Waals surface area (Å²) in [5.74, 6) is -0.415. The quantitative estimate of drug-likeness (QED) is 0.341. The van der Waals surface area contributed by atoms with Gasteiger partial charge >= 0.3 is 11.7 Å². The van der Waals surface area contributed by atoms with Crippen molar-refractivity contribution in [2.24, 2.45) is 11.8 Å². The first kappa shape index (κ1) is 24.0. The lowest BCUT2D eigenvalue weighted by Gasteiger charge is -2.44. The smallest absolute Gasteiger partial charge is 0.310 e. The Bertz CT molecular complexity index is 1010. The van der Waals surface area contributed by atoms with Crippen molar-refractivity contribution >= 4 is 23.3 Å². The summed E-state index contributed by atoms with van der Waals surface area (Å²) < 4.78 is 12.1. The lowest BCUT2D eigenvalue weighted by molar-refractivity contribution is -0.385. The molecular weight excluding hydrogens is 434 g/mol. The van der Waals surface area contributed by atoms with E-state index < -0.39 is 17.1 Å². The van der Waals surface area contributed by atoms with Crippen LogP contribution in [0.4, 0.5) is 5.69 Å². The van der Waals surface area contributed by atoms with Crippen molar-refractivity contribution in [3.05, 3.63) is 68.2 Å². The van der Waals surface area contributed by atoms with Crippen LogP contribution < -0.4 is 0 Å². The van der Waals surface area contributed by atoms with Crippen molar-refractivity contribution in [3.63, 3.8) is 0 Å². The number of carbonyl (C=O) groups is 1. The molecule has 8 heteroatoms. The van der Waals surface area contributed by atoms with Crippen LogP contribution in [0.3, 0.4) is 0 Å². The zero-order chi connectivity index (χ0) is 23.6. The lowest BCUT2D eigenvalue weighted by atomic mass is 9.78. The van der Waals surface area contributed by atoms with E-state index in [9.17, 15) is 20.0 Å². The fourth-order valence-corrected chi connectivity index (χ4v) is 4.54. The van der Waals surface area contributed by atoms with Gasteiger partial charge in [0.15, 0.2) is 5.75 Å². The van der Waals surface area contributed by atoms with Gasteiger partial charge in [0.05, 0.1) is 11.0 Å². The number of esters is 1. The summed E-state index contributed by atoms with van der Waals surface area (Å²) in [4.78, 5) is 22.3. The molecular formula is C24H28ClNO6. The Morgan fingerprint density at radius 1 is 1.22 bits per heavy atom. The zero-order valence-electron chi connectivity index (χ0n) is 18.6. The summed E-state index contributed by atoms with van der Waals surface area (Å²) in [5, 5.41) is 21.4. The molecule has 1 saturated heterocycles. The first-order chi connectivity index (χ1) is 15.1. The van der Waals surface area contributed by atoms with Gasteiger partial charge in [0, 0.05) is 23.9 Å². The summed E-state index contributed by atoms with van der Waals surface area (Å²) in [6, 6.07) is 9.80. The molecule has 0 saturated carbocycles. The minimum atomic E-state index is -0.621. The monoisotopic (exact) mass is 461 g/mol.